The molecule has 2 aliphatic rings. The largest absolute Gasteiger partial charge is 0.356 e. The molecule has 0 radical (unpaired) electrons. The van der Waals surface area contributed by atoms with Crippen molar-refractivity contribution in [3.8, 4) is 11.4 Å². The van der Waals surface area contributed by atoms with Crippen LogP contribution in [0.4, 0.5) is 11.5 Å². The van der Waals surface area contributed by atoms with Gasteiger partial charge in [0, 0.05) is 42.5 Å². The molecule has 1 aromatic carbocycles. The Balaban J connectivity index is 1.67. The Morgan fingerprint density at radius 3 is 2.60 bits per heavy atom. The van der Waals surface area contributed by atoms with Crippen LogP contribution in [0.2, 0.25) is 0 Å². The minimum absolute atomic E-state index is 0.0855. The number of rotatable bonds is 4. The Labute approximate surface area is 147 Å². The summed E-state index contributed by atoms with van der Waals surface area (Å²) in [5.41, 5.74) is 2.44. The highest BCUT2D eigenvalue weighted by Crippen LogP contribution is 2.52. The lowest BCUT2D eigenvalue weighted by molar-refractivity contribution is -0.384. The summed E-state index contributed by atoms with van der Waals surface area (Å²) in [5, 5.41) is 10.8. The lowest BCUT2D eigenvalue weighted by Crippen LogP contribution is -2.37. The first kappa shape index (κ1) is 16.0. The fourth-order valence-corrected chi connectivity index (χ4v) is 3.68. The quantitative estimate of drug-likeness (QED) is 0.622. The highest BCUT2D eigenvalue weighted by atomic mass is 16.6. The monoisotopic (exact) mass is 338 g/mol. The van der Waals surface area contributed by atoms with Gasteiger partial charge in [-0.2, -0.15) is 0 Å². The van der Waals surface area contributed by atoms with Gasteiger partial charge in [0.15, 0.2) is 5.82 Å². The number of nitro benzene ring substituents is 1. The molecule has 2 fully saturated rings. The number of piperidine rings is 1. The number of nitrogens with zero attached hydrogens (tertiary/aromatic N) is 4. The van der Waals surface area contributed by atoms with Gasteiger partial charge in [-0.3, -0.25) is 10.1 Å². The summed E-state index contributed by atoms with van der Waals surface area (Å²) in [6.07, 6.45) is 6.08. The van der Waals surface area contributed by atoms with Gasteiger partial charge in [-0.05, 0) is 49.7 Å². The zero-order valence-electron chi connectivity index (χ0n) is 14.4. The zero-order chi connectivity index (χ0) is 17.4. The highest BCUT2D eigenvalue weighted by Gasteiger charge is 2.45. The summed E-state index contributed by atoms with van der Waals surface area (Å²) in [6, 6.07) is 8.58. The maximum Gasteiger partial charge on any atom is 0.269 e. The smallest absolute Gasteiger partial charge is 0.269 e. The molecular formula is C19H22N4O2. The summed E-state index contributed by atoms with van der Waals surface area (Å²) < 4.78 is 0. The third-order valence-electron chi connectivity index (χ3n) is 5.41. The second-order valence-electron chi connectivity index (χ2n) is 7.22. The molecule has 6 heteroatoms. The minimum Gasteiger partial charge on any atom is -0.356 e. The van der Waals surface area contributed by atoms with Gasteiger partial charge in [0.2, 0.25) is 0 Å². The highest BCUT2D eigenvalue weighted by molar-refractivity contribution is 5.60. The summed E-state index contributed by atoms with van der Waals surface area (Å²) in [6.45, 7) is 4.22. The number of hydrogen-bond acceptors (Lipinski definition) is 5. The van der Waals surface area contributed by atoms with E-state index in [1.807, 2.05) is 0 Å². The van der Waals surface area contributed by atoms with Gasteiger partial charge in [0.05, 0.1) is 4.92 Å². The molecule has 6 nitrogen and oxygen atoms in total. The van der Waals surface area contributed by atoms with Crippen LogP contribution in [0.15, 0.2) is 30.3 Å². The van der Waals surface area contributed by atoms with Crippen molar-refractivity contribution in [1.29, 1.82) is 0 Å². The summed E-state index contributed by atoms with van der Waals surface area (Å²) >= 11 is 0. The van der Waals surface area contributed by atoms with Gasteiger partial charge in [-0.1, -0.05) is 6.92 Å². The van der Waals surface area contributed by atoms with Crippen LogP contribution in [-0.4, -0.2) is 28.0 Å². The predicted octanol–water partition coefficient (Wildman–Crippen LogP) is 3.99. The summed E-state index contributed by atoms with van der Waals surface area (Å²) in [5.74, 6) is 1.64. The second-order valence-corrected chi connectivity index (χ2v) is 7.22. The van der Waals surface area contributed by atoms with E-state index in [9.17, 15) is 10.1 Å². The van der Waals surface area contributed by atoms with Crippen molar-refractivity contribution >= 4 is 11.5 Å². The van der Waals surface area contributed by atoms with Crippen LogP contribution in [0, 0.1) is 15.5 Å². The lowest BCUT2D eigenvalue weighted by Gasteiger charge is -2.34. The average molecular weight is 338 g/mol. The number of hydrogen-bond donors (Lipinski definition) is 0. The van der Waals surface area contributed by atoms with Crippen LogP contribution >= 0.6 is 0 Å². The Hall–Kier alpha value is -2.50. The third-order valence-corrected chi connectivity index (χ3v) is 5.41. The second kappa shape index (κ2) is 6.10. The molecule has 0 atom stereocenters. The van der Waals surface area contributed by atoms with Crippen LogP contribution in [0.25, 0.3) is 11.4 Å². The van der Waals surface area contributed by atoms with Gasteiger partial charge >= 0.3 is 0 Å². The molecule has 0 unspecified atom stereocenters. The van der Waals surface area contributed by atoms with Gasteiger partial charge in [-0.25, -0.2) is 9.97 Å². The standard InChI is InChI=1S/C19H22N4O2/c1-2-15-12-17(22-11-3-8-19(13-22)9-10-19)21-18(20-15)14-4-6-16(7-5-14)23(24)25/h4-7,12H,2-3,8-11,13H2,1H3. The van der Waals surface area contributed by atoms with E-state index in [0.29, 0.717) is 11.2 Å². The van der Waals surface area contributed by atoms with E-state index in [0.717, 1.165) is 36.6 Å². The lowest BCUT2D eigenvalue weighted by atomic mass is 9.95. The van der Waals surface area contributed by atoms with E-state index in [-0.39, 0.29) is 10.6 Å². The molecule has 1 aliphatic heterocycles. The maximum absolute atomic E-state index is 10.8. The van der Waals surface area contributed by atoms with Crippen molar-refractivity contribution < 1.29 is 4.92 Å². The number of nitro groups is 1. The molecular weight excluding hydrogens is 316 g/mol. The van der Waals surface area contributed by atoms with Crippen LogP contribution in [0.3, 0.4) is 0 Å². The SMILES string of the molecule is CCc1cc(N2CCCC3(CC3)C2)nc(-c2ccc([N+](=O)[O-])cc2)n1. The molecule has 0 bridgehead atoms. The molecule has 130 valence electrons. The molecule has 0 amide bonds. The molecule has 1 spiro atoms. The van der Waals surface area contributed by atoms with Gasteiger partial charge in [-0.15, -0.1) is 0 Å². The molecule has 2 aromatic rings. The van der Waals surface area contributed by atoms with Crippen molar-refractivity contribution in [2.75, 3.05) is 18.0 Å². The Morgan fingerprint density at radius 1 is 1.20 bits per heavy atom. The normalized spacial score (nSPS) is 18.4. The summed E-state index contributed by atoms with van der Waals surface area (Å²) in [7, 11) is 0. The van der Waals surface area contributed by atoms with Crippen molar-refractivity contribution in [2.24, 2.45) is 5.41 Å². The van der Waals surface area contributed by atoms with Crippen molar-refractivity contribution in [3.63, 3.8) is 0 Å². The van der Waals surface area contributed by atoms with E-state index in [4.69, 9.17) is 4.98 Å². The van der Waals surface area contributed by atoms with E-state index in [2.05, 4.69) is 22.9 Å². The predicted molar refractivity (Wildman–Crippen MR) is 96.6 cm³/mol. The molecule has 4 rings (SSSR count). The Bertz CT molecular complexity index is 800. The third kappa shape index (κ3) is 3.21. The fourth-order valence-electron chi connectivity index (χ4n) is 3.68. The molecule has 0 N–H and O–H groups in total. The first-order valence-corrected chi connectivity index (χ1v) is 8.96. The van der Waals surface area contributed by atoms with Gasteiger partial charge < -0.3 is 4.90 Å². The maximum atomic E-state index is 10.8. The number of aromatic nitrogens is 2. The Kier molecular flexibility index (Phi) is 3.90. The van der Waals surface area contributed by atoms with Crippen LogP contribution < -0.4 is 4.90 Å². The fraction of sp³-hybridized carbons (Fsp3) is 0.474. The first-order chi connectivity index (χ1) is 12.1. The molecule has 1 aliphatic carbocycles. The number of anilines is 1. The average Bonchev–Trinajstić information content (AvgIpc) is 3.39. The van der Waals surface area contributed by atoms with E-state index in [1.165, 1.54) is 37.8 Å². The van der Waals surface area contributed by atoms with Crippen LogP contribution in [0.1, 0.15) is 38.3 Å². The summed E-state index contributed by atoms with van der Waals surface area (Å²) in [4.78, 5) is 22.3. The Morgan fingerprint density at radius 2 is 1.96 bits per heavy atom. The van der Waals surface area contributed by atoms with Crippen molar-refractivity contribution in [2.45, 2.75) is 39.0 Å². The van der Waals surface area contributed by atoms with Crippen molar-refractivity contribution in [3.05, 3.63) is 46.1 Å². The molecule has 25 heavy (non-hydrogen) atoms. The number of aryl methyl sites for hydroxylation is 1. The van der Waals surface area contributed by atoms with E-state index in [1.54, 1.807) is 12.1 Å². The number of non-ortho nitro benzene ring substituents is 1. The molecule has 1 saturated carbocycles. The van der Waals surface area contributed by atoms with Gasteiger partial charge in [0.25, 0.3) is 5.69 Å². The van der Waals surface area contributed by atoms with Gasteiger partial charge in [0.1, 0.15) is 5.82 Å². The molecule has 1 aromatic heterocycles. The van der Waals surface area contributed by atoms with Crippen LogP contribution in [0.5, 0.6) is 0 Å². The molecule has 2 heterocycles. The van der Waals surface area contributed by atoms with Crippen LogP contribution in [-0.2, 0) is 6.42 Å². The molecule has 1 saturated heterocycles. The topological polar surface area (TPSA) is 72.2 Å². The number of benzene rings is 1. The van der Waals surface area contributed by atoms with E-state index < -0.39 is 0 Å². The van der Waals surface area contributed by atoms with Crippen molar-refractivity contribution in [1.82, 2.24) is 9.97 Å². The van der Waals surface area contributed by atoms with E-state index >= 15 is 0 Å². The minimum atomic E-state index is -0.388. The zero-order valence-corrected chi connectivity index (χ0v) is 14.4. The first-order valence-electron chi connectivity index (χ1n) is 8.96.